The van der Waals surface area contributed by atoms with Gasteiger partial charge in [0.2, 0.25) is 0 Å². The first-order valence-electron chi connectivity index (χ1n) is 5.56. The molecular weight excluding hydrogens is 282 g/mol. The maximum absolute atomic E-state index is 5.95. The molecule has 2 rings (SSSR count). The normalized spacial score (nSPS) is 9.79. The van der Waals surface area contributed by atoms with E-state index in [-0.39, 0.29) is 5.17 Å². The lowest BCUT2D eigenvalue weighted by Gasteiger charge is -2.11. The minimum Gasteiger partial charge on any atom is -0.495 e. The van der Waals surface area contributed by atoms with Gasteiger partial charge in [0.05, 0.1) is 12.1 Å². The topological polar surface area (TPSA) is 30.5 Å². The molecular formula is C14H12ClNO2S. The second-order valence-corrected chi connectivity index (χ2v) is 4.45. The van der Waals surface area contributed by atoms with Gasteiger partial charge in [-0.05, 0) is 36.5 Å². The fourth-order valence-corrected chi connectivity index (χ4v) is 1.89. The van der Waals surface area contributed by atoms with Gasteiger partial charge >= 0.3 is 0 Å². The third-order valence-electron chi connectivity index (χ3n) is 2.35. The predicted octanol–water partition coefficient (Wildman–Crippen LogP) is 4.12. The summed E-state index contributed by atoms with van der Waals surface area (Å²) < 4.78 is 10.6. The molecule has 0 unspecified atom stereocenters. The van der Waals surface area contributed by atoms with Crippen LogP contribution >= 0.6 is 23.8 Å². The molecule has 0 aliphatic heterocycles. The number of thiocarbonyl (C=S) groups is 1. The number of rotatable bonds is 3. The van der Waals surface area contributed by atoms with Crippen LogP contribution in [0.1, 0.15) is 0 Å². The summed E-state index contributed by atoms with van der Waals surface area (Å²) in [5, 5.41) is 3.77. The van der Waals surface area contributed by atoms with Crippen LogP contribution in [-0.2, 0) is 0 Å². The minimum atomic E-state index is 0.260. The van der Waals surface area contributed by atoms with E-state index in [1.54, 1.807) is 25.3 Å². The molecule has 19 heavy (non-hydrogen) atoms. The highest BCUT2D eigenvalue weighted by molar-refractivity contribution is 7.80. The van der Waals surface area contributed by atoms with E-state index < -0.39 is 0 Å². The van der Waals surface area contributed by atoms with E-state index in [1.807, 2.05) is 30.3 Å². The lowest BCUT2D eigenvalue weighted by atomic mass is 10.3. The van der Waals surface area contributed by atoms with Crippen molar-refractivity contribution in [2.75, 3.05) is 12.4 Å². The Kier molecular flexibility index (Phi) is 4.60. The van der Waals surface area contributed by atoms with Gasteiger partial charge in [-0.1, -0.05) is 29.8 Å². The molecule has 5 heteroatoms. The Morgan fingerprint density at radius 2 is 1.89 bits per heavy atom. The van der Waals surface area contributed by atoms with Gasteiger partial charge in [-0.15, -0.1) is 0 Å². The van der Waals surface area contributed by atoms with Gasteiger partial charge in [0.15, 0.2) is 0 Å². The van der Waals surface area contributed by atoms with Crippen molar-refractivity contribution in [1.82, 2.24) is 0 Å². The van der Waals surface area contributed by atoms with Gasteiger partial charge in [-0.2, -0.15) is 0 Å². The van der Waals surface area contributed by atoms with Crippen LogP contribution in [0, 0.1) is 0 Å². The third kappa shape index (κ3) is 3.84. The van der Waals surface area contributed by atoms with Crippen molar-refractivity contribution >= 4 is 34.7 Å². The summed E-state index contributed by atoms with van der Waals surface area (Å²) in [7, 11) is 1.56. The molecule has 0 saturated carbocycles. The molecule has 0 atom stereocenters. The zero-order chi connectivity index (χ0) is 13.7. The largest absolute Gasteiger partial charge is 0.495 e. The Morgan fingerprint density at radius 1 is 1.16 bits per heavy atom. The molecule has 1 N–H and O–H groups in total. The number of halogens is 1. The smallest absolute Gasteiger partial charge is 0.266 e. The zero-order valence-corrected chi connectivity index (χ0v) is 11.8. The standard InChI is InChI=1S/C14H12ClNO2S/c1-17-13-9-10(7-8-12(13)15)16-14(19)18-11-5-3-2-4-6-11/h2-9H,1H3,(H,16,19). The Bertz CT molecular complexity index is 575. The monoisotopic (exact) mass is 293 g/mol. The van der Waals surface area contributed by atoms with E-state index in [2.05, 4.69) is 5.32 Å². The molecule has 0 spiro atoms. The SMILES string of the molecule is COc1cc(NC(=S)Oc2ccccc2)ccc1Cl. The van der Waals surface area contributed by atoms with Crippen LogP contribution in [0.15, 0.2) is 48.5 Å². The summed E-state index contributed by atoms with van der Waals surface area (Å²) in [6.07, 6.45) is 0. The van der Waals surface area contributed by atoms with E-state index in [4.69, 9.17) is 33.3 Å². The van der Waals surface area contributed by atoms with Crippen LogP contribution in [0.25, 0.3) is 0 Å². The number of para-hydroxylation sites is 1. The summed E-state index contributed by atoms with van der Waals surface area (Å²) in [5.41, 5.74) is 0.752. The number of methoxy groups -OCH3 is 1. The summed E-state index contributed by atoms with van der Waals surface area (Å²) >= 11 is 11.1. The van der Waals surface area contributed by atoms with Crippen molar-refractivity contribution in [1.29, 1.82) is 0 Å². The van der Waals surface area contributed by atoms with Crippen molar-refractivity contribution in [3.8, 4) is 11.5 Å². The van der Waals surface area contributed by atoms with E-state index in [9.17, 15) is 0 Å². The summed E-state index contributed by atoms with van der Waals surface area (Å²) in [6, 6.07) is 14.6. The van der Waals surface area contributed by atoms with Crippen LogP contribution in [0.5, 0.6) is 11.5 Å². The van der Waals surface area contributed by atoms with Gasteiger partial charge in [0, 0.05) is 11.8 Å². The molecule has 98 valence electrons. The maximum Gasteiger partial charge on any atom is 0.266 e. The van der Waals surface area contributed by atoms with Crippen LogP contribution < -0.4 is 14.8 Å². The first-order chi connectivity index (χ1) is 9.19. The van der Waals surface area contributed by atoms with Crippen molar-refractivity contribution in [2.24, 2.45) is 0 Å². The molecule has 0 amide bonds. The third-order valence-corrected chi connectivity index (χ3v) is 2.85. The van der Waals surface area contributed by atoms with Crippen LogP contribution in [0.4, 0.5) is 5.69 Å². The van der Waals surface area contributed by atoms with Crippen LogP contribution in [-0.4, -0.2) is 12.3 Å². The highest BCUT2D eigenvalue weighted by Crippen LogP contribution is 2.27. The molecule has 0 aliphatic rings. The molecule has 0 radical (unpaired) electrons. The Balaban J connectivity index is 2.03. The Morgan fingerprint density at radius 3 is 2.58 bits per heavy atom. The molecule has 2 aromatic rings. The van der Waals surface area contributed by atoms with Crippen LogP contribution in [0.3, 0.4) is 0 Å². The van der Waals surface area contributed by atoms with Gasteiger partial charge in [-0.25, -0.2) is 0 Å². The number of benzene rings is 2. The summed E-state index contributed by atoms with van der Waals surface area (Å²) in [4.78, 5) is 0. The van der Waals surface area contributed by atoms with Crippen molar-refractivity contribution in [3.05, 3.63) is 53.6 Å². The van der Waals surface area contributed by atoms with Crippen LogP contribution in [0.2, 0.25) is 5.02 Å². The van der Waals surface area contributed by atoms with Gasteiger partial charge in [-0.3, -0.25) is 0 Å². The number of hydrogen-bond donors (Lipinski definition) is 1. The van der Waals surface area contributed by atoms with E-state index in [0.29, 0.717) is 16.5 Å². The first-order valence-corrected chi connectivity index (χ1v) is 6.35. The molecule has 0 fully saturated rings. The fraction of sp³-hybridized carbons (Fsp3) is 0.0714. The fourth-order valence-electron chi connectivity index (χ4n) is 1.48. The van der Waals surface area contributed by atoms with E-state index in [0.717, 1.165) is 5.69 Å². The molecule has 0 aromatic heterocycles. The minimum absolute atomic E-state index is 0.260. The average Bonchev–Trinajstić information content (AvgIpc) is 2.42. The average molecular weight is 294 g/mol. The van der Waals surface area contributed by atoms with Crippen molar-refractivity contribution in [2.45, 2.75) is 0 Å². The lowest BCUT2D eigenvalue weighted by molar-refractivity contribution is 0.415. The number of anilines is 1. The molecule has 0 saturated heterocycles. The Labute approximate surface area is 122 Å². The maximum atomic E-state index is 5.95. The van der Waals surface area contributed by atoms with E-state index in [1.165, 1.54) is 0 Å². The number of hydrogen-bond acceptors (Lipinski definition) is 3. The highest BCUT2D eigenvalue weighted by Gasteiger charge is 2.04. The summed E-state index contributed by atoms with van der Waals surface area (Å²) in [5.74, 6) is 1.26. The quantitative estimate of drug-likeness (QED) is 0.862. The Hall–Kier alpha value is -1.78. The number of ether oxygens (including phenoxy) is 2. The van der Waals surface area contributed by atoms with Gasteiger partial charge in [0.1, 0.15) is 11.5 Å². The van der Waals surface area contributed by atoms with Crippen molar-refractivity contribution < 1.29 is 9.47 Å². The highest BCUT2D eigenvalue weighted by atomic mass is 35.5. The first kappa shape index (κ1) is 13.6. The molecule has 0 bridgehead atoms. The molecule has 0 heterocycles. The van der Waals surface area contributed by atoms with E-state index >= 15 is 0 Å². The second kappa shape index (κ2) is 6.41. The van der Waals surface area contributed by atoms with Gasteiger partial charge < -0.3 is 14.8 Å². The molecule has 3 nitrogen and oxygen atoms in total. The summed E-state index contributed by atoms with van der Waals surface area (Å²) in [6.45, 7) is 0. The predicted molar refractivity (Wildman–Crippen MR) is 81.3 cm³/mol. The molecule has 2 aromatic carbocycles. The zero-order valence-electron chi connectivity index (χ0n) is 10.2. The van der Waals surface area contributed by atoms with Gasteiger partial charge in [0.25, 0.3) is 5.17 Å². The number of nitrogens with one attached hydrogen (secondary N) is 1. The second-order valence-electron chi connectivity index (χ2n) is 3.68. The van der Waals surface area contributed by atoms with Crippen molar-refractivity contribution in [3.63, 3.8) is 0 Å². The lowest BCUT2D eigenvalue weighted by Crippen LogP contribution is -2.16. The molecule has 0 aliphatic carbocycles.